The largest absolute Gasteiger partial charge is 0.493 e. The summed E-state index contributed by atoms with van der Waals surface area (Å²) >= 11 is 0. The molecule has 0 aliphatic carbocycles. The average molecular weight is 278 g/mol. The second kappa shape index (κ2) is 5.52. The van der Waals surface area contributed by atoms with Crippen molar-refractivity contribution in [1.82, 2.24) is 5.16 Å². The van der Waals surface area contributed by atoms with Gasteiger partial charge in [-0.3, -0.25) is 0 Å². The van der Waals surface area contributed by atoms with Gasteiger partial charge in [-0.1, -0.05) is 5.16 Å². The highest BCUT2D eigenvalue weighted by Gasteiger charge is 2.20. The van der Waals surface area contributed by atoms with Crippen LogP contribution in [0.15, 0.2) is 22.9 Å². The Kier molecular flexibility index (Phi) is 3.79. The molecule has 2 aromatic rings. The molecule has 0 saturated heterocycles. The number of methoxy groups -OCH3 is 3. The molecule has 7 nitrogen and oxygen atoms in total. The van der Waals surface area contributed by atoms with Crippen molar-refractivity contribution >= 4 is 11.9 Å². The zero-order chi connectivity index (χ0) is 14.7. The molecule has 0 fully saturated rings. The van der Waals surface area contributed by atoms with Gasteiger partial charge in [0.1, 0.15) is 0 Å². The number of carbonyl (C=O) groups is 1. The molecule has 0 aliphatic rings. The summed E-state index contributed by atoms with van der Waals surface area (Å²) in [7, 11) is 4.26. The van der Waals surface area contributed by atoms with E-state index in [0.29, 0.717) is 28.2 Å². The molecule has 0 atom stereocenters. The van der Waals surface area contributed by atoms with Crippen LogP contribution in [0.2, 0.25) is 0 Å². The van der Waals surface area contributed by atoms with E-state index in [1.807, 2.05) is 0 Å². The average Bonchev–Trinajstić information content (AvgIpc) is 2.90. The minimum atomic E-state index is -0.498. The number of rotatable bonds is 4. The molecule has 1 aromatic carbocycles. The van der Waals surface area contributed by atoms with Crippen LogP contribution in [0.5, 0.6) is 11.5 Å². The molecular weight excluding hydrogens is 264 g/mol. The third-order valence-electron chi connectivity index (χ3n) is 2.79. The van der Waals surface area contributed by atoms with E-state index in [1.165, 1.54) is 33.6 Å². The fraction of sp³-hybridized carbons (Fsp3) is 0.231. The van der Waals surface area contributed by atoms with Gasteiger partial charge < -0.3 is 24.5 Å². The van der Waals surface area contributed by atoms with E-state index < -0.39 is 5.97 Å². The smallest absolute Gasteiger partial charge is 0.338 e. The molecule has 106 valence electrons. The maximum absolute atomic E-state index is 11.7. The highest BCUT2D eigenvalue weighted by Crippen LogP contribution is 2.41. The summed E-state index contributed by atoms with van der Waals surface area (Å²) in [5.41, 5.74) is 7.05. The van der Waals surface area contributed by atoms with E-state index in [4.69, 9.17) is 24.5 Å². The molecule has 0 aliphatic heterocycles. The number of carbonyl (C=O) groups excluding carboxylic acids is 1. The molecule has 7 heteroatoms. The summed E-state index contributed by atoms with van der Waals surface area (Å²) in [5, 5.41) is 3.61. The maximum Gasteiger partial charge on any atom is 0.338 e. The number of nitrogens with zero attached hydrogens (tertiary/aromatic N) is 1. The van der Waals surface area contributed by atoms with Gasteiger partial charge in [0.2, 0.25) is 5.88 Å². The summed E-state index contributed by atoms with van der Waals surface area (Å²) in [6.45, 7) is 0. The zero-order valence-electron chi connectivity index (χ0n) is 11.3. The van der Waals surface area contributed by atoms with Crippen molar-refractivity contribution in [2.45, 2.75) is 0 Å². The lowest BCUT2D eigenvalue weighted by atomic mass is 10.0. The Labute approximate surface area is 115 Å². The van der Waals surface area contributed by atoms with Gasteiger partial charge in [0.05, 0.1) is 38.7 Å². The van der Waals surface area contributed by atoms with Crippen molar-refractivity contribution in [3.05, 3.63) is 23.9 Å². The van der Waals surface area contributed by atoms with Gasteiger partial charge in [0.15, 0.2) is 11.5 Å². The standard InChI is InChI=1S/C13H14N2O5/c1-17-10-5-7(13(16)19-3)4-8(11(10)18-2)9-6-15-20-12(9)14/h4-6H,14H2,1-3H3. The van der Waals surface area contributed by atoms with Crippen LogP contribution in [0.25, 0.3) is 11.1 Å². The summed E-state index contributed by atoms with van der Waals surface area (Å²) in [6, 6.07) is 3.11. The highest BCUT2D eigenvalue weighted by atomic mass is 16.5. The molecule has 2 rings (SSSR count). The predicted octanol–water partition coefficient (Wildman–Crippen LogP) is 1.73. The SMILES string of the molecule is COC(=O)c1cc(OC)c(OC)c(-c2cnoc2N)c1. The van der Waals surface area contributed by atoms with E-state index in [-0.39, 0.29) is 5.88 Å². The van der Waals surface area contributed by atoms with E-state index in [9.17, 15) is 4.79 Å². The van der Waals surface area contributed by atoms with Crippen LogP contribution >= 0.6 is 0 Å². The highest BCUT2D eigenvalue weighted by molar-refractivity contribution is 5.94. The van der Waals surface area contributed by atoms with E-state index in [2.05, 4.69) is 5.16 Å². The second-order valence-corrected chi connectivity index (χ2v) is 3.85. The summed E-state index contributed by atoms with van der Waals surface area (Å²) in [5.74, 6) is 0.427. The Hall–Kier alpha value is -2.70. The van der Waals surface area contributed by atoms with Crippen LogP contribution in [0.1, 0.15) is 10.4 Å². The molecule has 0 radical (unpaired) electrons. The second-order valence-electron chi connectivity index (χ2n) is 3.85. The van der Waals surface area contributed by atoms with Crippen molar-refractivity contribution < 1.29 is 23.5 Å². The first kappa shape index (κ1) is 13.7. The van der Waals surface area contributed by atoms with Gasteiger partial charge in [-0.05, 0) is 12.1 Å². The monoisotopic (exact) mass is 278 g/mol. The molecule has 0 amide bonds. The van der Waals surface area contributed by atoms with Crippen molar-refractivity contribution in [1.29, 1.82) is 0 Å². The van der Waals surface area contributed by atoms with Gasteiger partial charge in [0, 0.05) is 5.56 Å². The number of hydrogen-bond acceptors (Lipinski definition) is 7. The van der Waals surface area contributed by atoms with Gasteiger partial charge in [-0.2, -0.15) is 0 Å². The third kappa shape index (κ3) is 2.25. The number of nitrogen functional groups attached to an aromatic ring is 1. The number of ether oxygens (including phenoxy) is 3. The quantitative estimate of drug-likeness (QED) is 0.850. The first-order valence-corrected chi connectivity index (χ1v) is 5.67. The molecule has 0 bridgehead atoms. The Morgan fingerprint density at radius 1 is 1.20 bits per heavy atom. The lowest BCUT2D eigenvalue weighted by Crippen LogP contribution is -2.04. The van der Waals surface area contributed by atoms with Crippen molar-refractivity contribution in [3.63, 3.8) is 0 Å². The molecule has 2 N–H and O–H groups in total. The number of aromatic nitrogens is 1. The fourth-order valence-corrected chi connectivity index (χ4v) is 1.85. The number of nitrogens with two attached hydrogens (primary N) is 1. The Bertz CT molecular complexity index is 636. The summed E-state index contributed by atoms with van der Waals surface area (Å²) in [4.78, 5) is 11.7. The normalized spacial score (nSPS) is 10.2. The Balaban J connectivity index is 2.70. The Morgan fingerprint density at radius 3 is 2.45 bits per heavy atom. The van der Waals surface area contributed by atoms with E-state index >= 15 is 0 Å². The topological polar surface area (TPSA) is 96.8 Å². The van der Waals surface area contributed by atoms with Crippen LogP contribution in [-0.4, -0.2) is 32.5 Å². The van der Waals surface area contributed by atoms with Crippen molar-refractivity contribution in [3.8, 4) is 22.6 Å². The fourth-order valence-electron chi connectivity index (χ4n) is 1.85. The minimum Gasteiger partial charge on any atom is -0.493 e. The van der Waals surface area contributed by atoms with Gasteiger partial charge >= 0.3 is 5.97 Å². The zero-order valence-corrected chi connectivity index (χ0v) is 11.3. The summed E-state index contributed by atoms with van der Waals surface area (Å²) < 4.78 is 20.1. The third-order valence-corrected chi connectivity index (χ3v) is 2.79. The van der Waals surface area contributed by atoms with Crippen LogP contribution in [-0.2, 0) is 4.74 Å². The van der Waals surface area contributed by atoms with Gasteiger partial charge in [-0.15, -0.1) is 0 Å². The minimum absolute atomic E-state index is 0.118. The van der Waals surface area contributed by atoms with Crippen LogP contribution in [0.3, 0.4) is 0 Å². The first-order chi connectivity index (χ1) is 9.62. The van der Waals surface area contributed by atoms with Crippen LogP contribution in [0, 0.1) is 0 Å². The van der Waals surface area contributed by atoms with Crippen molar-refractivity contribution in [2.75, 3.05) is 27.1 Å². The summed E-state index contributed by atoms with van der Waals surface area (Å²) in [6.07, 6.45) is 1.44. The number of hydrogen-bond donors (Lipinski definition) is 1. The van der Waals surface area contributed by atoms with Gasteiger partial charge in [-0.25, -0.2) is 4.79 Å². The van der Waals surface area contributed by atoms with Gasteiger partial charge in [0.25, 0.3) is 0 Å². The molecule has 20 heavy (non-hydrogen) atoms. The number of benzene rings is 1. The Morgan fingerprint density at radius 2 is 1.95 bits per heavy atom. The van der Waals surface area contributed by atoms with Crippen molar-refractivity contribution in [2.24, 2.45) is 0 Å². The molecular formula is C13H14N2O5. The molecule has 0 spiro atoms. The maximum atomic E-state index is 11.7. The first-order valence-electron chi connectivity index (χ1n) is 5.67. The molecule has 1 heterocycles. The lowest BCUT2D eigenvalue weighted by Gasteiger charge is -2.13. The number of esters is 1. The lowest BCUT2D eigenvalue weighted by molar-refractivity contribution is 0.0600. The molecule has 0 unspecified atom stereocenters. The predicted molar refractivity (Wildman–Crippen MR) is 70.8 cm³/mol. The number of anilines is 1. The molecule has 1 aromatic heterocycles. The molecule has 0 saturated carbocycles. The van der Waals surface area contributed by atoms with E-state index in [1.54, 1.807) is 6.07 Å². The van der Waals surface area contributed by atoms with Crippen LogP contribution in [0.4, 0.5) is 5.88 Å². The van der Waals surface area contributed by atoms with Crippen LogP contribution < -0.4 is 15.2 Å². The van der Waals surface area contributed by atoms with E-state index in [0.717, 1.165) is 0 Å².